The van der Waals surface area contributed by atoms with Crippen LogP contribution < -0.4 is 5.73 Å². The zero-order chi connectivity index (χ0) is 16.4. The molecule has 1 heterocycles. The molecule has 0 saturated carbocycles. The van der Waals surface area contributed by atoms with Crippen molar-refractivity contribution in [3.8, 4) is 11.1 Å². The highest BCUT2D eigenvalue weighted by atomic mass is 35.5. The summed E-state index contributed by atoms with van der Waals surface area (Å²) in [7, 11) is 0. The van der Waals surface area contributed by atoms with Crippen LogP contribution in [0.25, 0.3) is 11.1 Å². The van der Waals surface area contributed by atoms with Gasteiger partial charge >= 0.3 is 0 Å². The lowest BCUT2D eigenvalue weighted by Gasteiger charge is -2.16. The molecule has 1 amide bonds. The Morgan fingerprint density at radius 2 is 1.75 bits per heavy atom. The van der Waals surface area contributed by atoms with Gasteiger partial charge in [-0.05, 0) is 36.6 Å². The largest absolute Gasteiger partial charge is 0.337 e. The van der Waals surface area contributed by atoms with Gasteiger partial charge in [-0.3, -0.25) is 9.59 Å². The van der Waals surface area contributed by atoms with Crippen molar-refractivity contribution in [3.05, 3.63) is 59.7 Å². The maximum Gasteiger partial charge on any atom is 0.253 e. The molecular weight excluding hydrogens is 324 g/mol. The van der Waals surface area contributed by atoms with Crippen LogP contribution in [0, 0.1) is 0 Å². The van der Waals surface area contributed by atoms with Crippen LogP contribution in [0.2, 0.25) is 0 Å². The maximum absolute atomic E-state index is 12.4. The molecule has 5 heteroatoms. The summed E-state index contributed by atoms with van der Waals surface area (Å²) >= 11 is 0. The van der Waals surface area contributed by atoms with Crippen molar-refractivity contribution < 1.29 is 9.59 Å². The molecule has 1 saturated heterocycles. The number of nitrogens with zero attached hydrogens (tertiary/aromatic N) is 1. The number of carbonyl (C=O) groups excluding carboxylic acids is 2. The summed E-state index contributed by atoms with van der Waals surface area (Å²) in [5.41, 5.74) is 9.03. The number of likely N-dealkylation sites (tertiary alicyclic amines) is 1. The molecule has 1 atom stereocenters. The standard InChI is InChI=1S/C19H20N2O2.ClH/c1-13(22)17-4-2-3-5-18(17)14-6-8-15(9-7-14)19(23)21-11-10-16(20)12-21;/h2-9,16H,10-12,20H2,1H3;1H. The number of hydrogen-bond donors (Lipinski definition) is 1. The topological polar surface area (TPSA) is 63.4 Å². The van der Waals surface area contributed by atoms with E-state index in [4.69, 9.17) is 5.73 Å². The molecule has 4 nitrogen and oxygen atoms in total. The van der Waals surface area contributed by atoms with Crippen LogP contribution >= 0.6 is 12.4 Å². The first kappa shape index (κ1) is 18.2. The normalized spacial score (nSPS) is 16.6. The first-order valence-electron chi connectivity index (χ1n) is 7.81. The van der Waals surface area contributed by atoms with Crippen LogP contribution in [0.15, 0.2) is 48.5 Å². The summed E-state index contributed by atoms with van der Waals surface area (Å²) in [5, 5.41) is 0. The smallest absolute Gasteiger partial charge is 0.253 e. The van der Waals surface area contributed by atoms with Crippen molar-refractivity contribution in [1.29, 1.82) is 0 Å². The van der Waals surface area contributed by atoms with Gasteiger partial charge in [0, 0.05) is 30.3 Å². The van der Waals surface area contributed by atoms with Crippen LogP contribution in [0.1, 0.15) is 34.1 Å². The van der Waals surface area contributed by atoms with E-state index in [1.165, 1.54) is 0 Å². The first-order chi connectivity index (χ1) is 11.1. The lowest BCUT2D eigenvalue weighted by atomic mass is 9.96. The number of nitrogens with two attached hydrogens (primary N) is 1. The molecule has 2 aromatic rings. The highest BCUT2D eigenvalue weighted by Gasteiger charge is 2.24. The summed E-state index contributed by atoms with van der Waals surface area (Å²) < 4.78 is 0. The predicted octanol–water partition coefficient (Wildman–Crippen LogP) is 3.15. The minimum Gasteiger partial charge on any atom is -0.337 e. The molecule has 24 heavy (non-hydrogen) atoms. The first-order valence-corrected chi connectivity index (χ1v) is 7.81. The van der Waals surface area contributed by atoms with E-state index in [-0.39, 0.29) is 30.1 Å². The van der Waals surface area contributed by atoms with Crippen molar-refractivity contribution in [2.75, 3.05) is 13.1 Å². The minimum atomic E-state index is 0. The van der Waals surface area contributed by atoms with Gasteiger partial charge < -0.3 is 10.6 Å². The Labute approximate surface area is 148 Å². The van der Waals surface area contributed by atoms with Gasteiger partial charge in [0.25, 0.3) is 5.91 Å². The van der Waals surface area contributed by atoms with E-state index in [2.05, 4.69) is 0 Å². The number of carbonyl (C=O) groups is 2. The number of hydrogen-bond acceptors (Lipinski definition) is 3. The van der Waals surface area contributed by atoms with Crippen LogP contribution in [-0.4, -0.2) is 35.7 Å². The summed E-state index contributed by atoms with van der Waals surface area (Å²) in [4.78, 5) is 26.0. The van der Waals surface area contributed by atoms with Crippen LogP contribution in [0.3, 0.4) is 0 Å². The van der Waals surface area contributed by atoms with Gasteiger partial charge in [0.1, 0.15) is 0 Å². The molecule has 1 fully saturated rings. The summed E-state index contributed by atoms with van der Waals surface area (Å²) in [6, 6.07) is 15.0. The molecule has 3 rings (SSSR count). The number of ketones is 1. The summed E-state index contributed by atoms with van der Waals surface area (Å²) in [6.45, 7) is 2.90. The van der Waals surface area contributed by atoms with E-state index in [0.717, 1.165) is 24.1 Å². The highest BCUT2D eigenvalue weighted by molar-refractivity contribution is 6.01. The van der Waals surface area contributed by atoms with E-state index >= 15 is 0 Å². The molecule has 0 spiro atoms. The maximum atomic E-state index is 12.4. The lowest BCUT2D eigenvalue weighted by Crippen LogP contribution is -2.31. The van der Waals surface area contributed by atoms with Crippen molar-refractivity contribution in [2.45, 2.75) is 19.4 Å². The van der Waals surface area contributed by atoms with E-state index < -0.39 is 0 Å². The quantitative estimate of drug-likeness (QED) is 0.870. The molecule has 1 aliphatic heterocycles. The predicted molar refractivity (Wildman–Crippen MR) is 97.6 cm³/mol. The Morgan fingerprint density at radius 1 is 1.08 bits per heavy atom. The van der Waals surface area contributed by atoms with Crippen LogP contribution in [0.5, 0.6) is 0 Å². The van der Waals surface area contributed by atoms with Crippen molar-refractivity contribution in [2.24, 2.45) is 5.73 Å². The van der Waals surface area contributed by atoms with Crippen LogP contribution in [-0.2, 0) is 0 Å². The van der Waals surface area contributed by atoms with Gasteiger partial charge in [-0.25, -0.2) is 0 Å². The fourth-order valence-corrected chi connectivity index (χ4v) is 2.99. The molecular formula is C19H21ClN2O2. The molecule has 0 radical (unpaired) electrons. The average molecular weight is 345 g/mol. The van der Waals surface area contributed by atoms with Gasteiger partial charge in [0.15, 0.2) is 5.78 Å². The summed E-state index contributed by atoms with van der Waals surface area (Å²) in [6.07, 6.45) is 0.857. The molecule has 2 aromatic carbocycles. The third kappa shape index (κ3) is 3.66. The van der Waals surface area contributed by atoms with Crippen molar-refractivity contribution in [1.82, 2.24) is 4.90 Å². The van der Waals surface area contributed by atoms with Gasteiger partial charge in [-0.15, -0.1) is 12.4 Å². The second-order valence-electron chi connectivity index (χ2n) is 5.98. The monoisotopic (exact) mass is 344 g/mol. The second kappa shape index (κ2) is 7.60. The Morgan fingerprint density at radius 3 is 2.33 bits per heavy atom. The van der Waals surface area contributed by atoms with Gasteiger partial charge in [0.05, 0.1) is 0 Å². The van der Waals surface area contributed by atoms with Crippen molar-refractivity contribution >= 4 is 24.1 Å². The van der Waals surface area contributed by atoms with Gasteiger partial charge in [-0.1, -0.05) is 36.4 Å². The molecule has 1 aliphatic rings. The molecule has 1 unspecified atom stereocenters. The fraction of sp³-hybridized carbons (Fsp3) is 0.263. The fourth-order valence-electron chi connectivity index (χ4n) is 2.99. The third-order valence-electron chi connectivity index (χ3n) is 4.26. The number of halogens is 1. The number of Topliss-reactive ketones (excluding diaryl/α,β-unsaturated/α-hetero) is 1. The Balaban J connectivity index is 0.00000208. The zero-order valence-corrected chi connectivity index (χ0v) is 14.4. The van der Waals surface area contributed by atoms with Crippen molar-refractivity contribution in [3.63, 3.8) is 0 Å². The molecule has 0 aromatic heterocycles. The Bertz CT molecular complexity index is 743. The third-order valence-corrected chi connectivity index (χ3v) is 4.26. The van der Waals surface area contributed by atoms with E-state index in [1.807, 2.05) is 48.5 Å². The molecule has 0 aliphatic carbocycles. The van der Waals surface area contributed by atoms with Gasteiger partial charge in [-0.2, -0.15) is 0 Å². The van der Waals surface area contributed by atoms with Crippen LogP contribution in [0.4, 0.5) is 0 Å². The molecule has 0 bridgehead atoms. The summed E-state index contributed by atoms with van der Waals surface area (Å²) in [5.74, 6) is 0.0520. The number of benzene rings is 2. The highest BCUT2D eigenvalue weighted by Crippen LogP contribution is 2.25. The van der Waals surface area contributed by atoms with E-state index in [1.54, 1.807) is 11.8 Å². The zero-order valence-electron chi connectivity index (χ0n) is 13.6. The SMILES string of the molecule is CC(=O)c1ccccc1-c1ccc(C(=O)N2CCC(N)C2)cc1.Cl. The Kier molecular flexibility index (Phi) is 5.75. The number of rotatable bonds is 3. The Hall–Kier alpha value is -2.17. The number of amides is 1. The van der Waals surface area contributed by atoms with E-state index in [0.29, 0.717) is 17.7 Å². The second-order valence-corrected chi connectivity index (χ2v) is 5.98. The molecule has 2 N–H and O–H groups in total. The lowest BCUT2D eigenvalue weighted by molar-refractivity contribution is 0.0790. The minimum absolute atomic E-state index is 0. The average Bonchev–Trinajstić information content (AvgIpc) is 3.01. The molecule has 126 valence electrons. The van der Waals surface area contributed by atoms with E-state index in [9.17, 15) is 9.59 Å². The van der Waals surface area contributed by atoms with Gasteiger partial charge in [0.2, 0.25) is 0 Å².